The standard InChI is InChI=1S/C6H11NO3/c8-4-1-2-7-3-5-10-6(7)9/h8H,1-5H2. The highest BCUT2D eigenvalue weighted by atomic mass is 16.6. The van der Waals surface area contributed by atoms with E-state index < -0.39 is 0 Å². The van der Waals surface area contributed by atoms with E-state index in [1.807, 2.05) is 0 Å². The normalized spacial score (nSPS) is 17.7. The quantitative estimate of drug-likeness (QED) is 0.599. The lowest BCUT2D eigenvalue weighted by Crippen LogP contribution is -2.25. The van der Waals surface area contributed by atoms with Gasteiger partial charge in [-0.3, -0.25) is 0 Å². The van der Waals surface area contributed by atoms with Crippen LogP contribution < -0.4 is 0 Å². The summed E-state index contributed by atoms with van der Waals surface area (Å²) < 4.78 is 4.67. The van der Waals surface area contributed by atoms with Crippen LogP contribution in [0.25, 0.3) is 0 Å². The molecular weight excluding hydrogens is 134 g/mol. The number of cyclic esters (lactones) is 1. The first-order valence-corrected chi connectivity index (χ1v) is 3.37. The van der Waals surface area contributed by atoms with Crippen molar-refractivity contribution in [2.24, 2.45) is 0 Å². The largest absolute Gasteiger partial charge is 0.448 e. The van der Waals surface area contributed by atoms with E-state index in [1.165, 1.54) is 0 Å². The van der Waals surface area contributed by atoms with Crippen LogP contribution in [-0.4, -0.2) is 42.4 Å². The van der Waals surface area contributed by atoms with Crippen molar-refractivity contribution in [3.05, 3.63) is 0 Å². The molecule has 1 fully saturated rings. The average molecular weight is 145 g/mol. The smallest absolute Gasteiger partial charge is 0.409 e. The van der Waals surface area contributed by atoms with Crippen molar-refractivity contribution in [2.45, 2.75) is 6.42 Å². The van der Waals surface area contributed by atoms with E-state index in [9.17, 15) is 4.79 Å². The molecule has 1 heterocycles. The number of carbonyl (C=O) groups is 1. The van der Waals surface area contributed by atoms with E-state index in [0.29, 0.717) is 26.1 Å². The number of hydrogen-bond donors (Lipinski definition) is 1. The van der Waals surface area contributed by atoms with Crippen LogP contribution >= 0.6 is 0 Å². The third kappa shape index (κ3) is 1.60. The first-order chi connectivity index (χ1) is 4.84. The number of amides is 1. The molecule has 4 nitrogen and oxygen atoms in total. The lowest BCUT2D eigenvalue weighted by atomic mass is 10.4. The third-order valence-corrected chi connectivity index (χ3v) is 1.43. The van der Waals surface area contributed by atoms with Crippen LogP contribution in [0.1, 0.15) is 6.42 Å². The van der Waals surface area contributed by atoms with Crippen molar-refractivity contribution in [2.75, 3.05) is 26.3 Å². The second-order valence-electron chi connectivity index (χ2n) is 2.18. The van der Waals surface area contributed by atoms with Crippen molar-refractivity contribution < 1.29 is 14.6 Å². The first-order valence-electron chi connectivity index (χ1n) is 3.37. The molecule has 0 aliphatic carbocycles. The molecule has 1 rings (SSSR count). The molecule has 0 aromatic carbocycles. The number of carbonyl (C=O) groups excluding carboxylic acids is 1. The van der Waals surface area contributed by atoms with Gasteiger partial charge in [0.1, 0.15) is 6.61 Å². The predicted molar refractivity (Wildman–Crippen MR) is 34.6 cm³/mol. The van der Waals surface area contributed by atoms with Crippen LogP contribution in [0.4, 0.5) is 4.79 Å². The van der Waals surface area contributed by atoms with Gasteiger partial charge < -0.3 is 14.7 Å². The maximum absolute atomic E-state index is 10.7. The average Bonchev–Trinajstić information content (AvgIpc) is 2.31. The molecule has 1 aliphatic heterocycles. The van der Waals surface area contributed by atoms with Crippen LogP contribution in [0, 0.1) is 0 Å². The van der Waals surface area contributed by atoms with Crippen LogP contribution in [0.5, 0.6) is 0 Å². The van der Waals surface area contributed by atoms with Gasteiger partial charge in [-0.05, 0) is 6.42 Å². The zero-order chi connectivity index (χ0) is 7.40. The Hall–Kier alpha value is -0.770. The Morgan fingerprint density at radius 2 is 2.50 bits per heavy atom. The molecule has 1 amide bonds. The number of aliphatic hydroxyl groups excluding tert-OH is 1. The minimum atomic E-state index is -0.256. The molecule has 0 bridgehead atoms. The highest BCUT2D eigenvalue weighted by molar-refractivity contribution is 5.69. The molecule has 0 spiro atoms. The third-order valence-electron chi connectivity index (χ3n) is 1.43. The minimum absolute atomic E-state index is 0.129. The van der Waals surface area contributed by atoms with E-state index in [0.717, 1.165) is 0 Å². The van der Waals surface area contributed by atoms with Gasteiger partial charge in [-0.2, -0.15) is 0 Å². The molecule has 1 N–H and O–H groups in total. The molecule has 1 saturated heterocycles. The van der Waals surface area contributed by atoms with Crippen molar-refractivity contribution in [1.82, 2.24) is 4.90 Å². The number of hydrogen-bond acceptors (Lipinski definition) is 3. The zero-order valence-electron chi connectivity index (χ0n) is 5.75. The van der Waals surface area contributed by atoms with Crippen molar-refractivity contribution in [1.29, 1.82) is 0 Å². The summed E-state index contributed by atoms with van der Waals surface area (Å²) in [5.41, 5.74) is 0. The molecule has 0 aromatic heterocycles. The van der Waals surface area contributed by atoms with Gasteiger partial charge in [-0.25, -0.2) is 4.79 Å². The molecule has 0 saturated carbocycles. The van der Waals surface area contributed by atoms with E-state index in [2.05, 4.69) is 4.74 Å². The van der Waals surface area contributed by atoms with Crippen LogP contribution in [0.2, 0.25) is 0 Å². The van der Waals surface area contributed by atoms with E-state index in [4.69, 9.17) is 5.11 Å². The summed E-state index contributed by atoms with van der Waals surface area (Å²) in [6.45, 7) is 1.89. The van der Waals surface area contributed by atoms with Gasteiger partial charge in [0.05, 0.1) is 6.54 Å². The Morgan fingerprint density at radius 1 is 1.70 bits per heavy atom. The summed E-state index contributed by atoms with van der Waals surface area (Å²) in [5.74, 6) is 0. The number of ether oxygens (including phenoxy) is 1. The van der Waals surface area contributed by atoms with E-state index in [1.54, 1.807) is 4.90 Å². The first kappa shape index (κ1) is 7.34. The molecule has 58 valence electrons. The monoisotopic (exact) mass is 145 g/mol. The number of rotatable bonds is 3. The highest BCUT2D eigenvalue weighted by Gasteiger charge is 2.20. The fourth-order valence-electron chi connectivity index (χ4n) is 0.890. The molecule has 1 aliphatic rings. The van der Waals surface area contributed by atoms with Gasteiger partial charge >= 0.3 is 6.09 Å². The van der Waals surface area contributed by atoms with Gasteiger partial charge in [0.25, 0.3) is 0 Å². The summed E-state index contributed by atoms with van der Waals surface area (Å²) in [5, 5.41) is 8.43. The highest BCUT2D eigenvalue weighted by Crippen LogP contribution is 2.02. The summed E-state index contributed by atoms with van der Waals surface area (Å²) in [6, 6.07) is 0. The maximum atomic E-state index is 10.7. The summed E-state index contributed by atoms with van der Waals surface area (Å²) >= 11 is 0. The van der Waals surface area contributed by atoms with Gasteiger partial charge in [-0.1, -0.05) is 0 Å². The van der Waals surface area contributed by atoms with Gasteiger partial charge in [0.15, 0.2) is 0 Å². The van der Waals surface area contributed by atoms with E-state index in [-0.39, 0.29) is 12.7 Å². The topological polar surface area (TPSA) is 49.8 Å². The molecule has 4 heteroatoms. The lowest BCUT2D eigenvalue weighted by molar-refractivity contribution is 0.156. The van der Waals surface area contributed by atoms with E-state index >= 15 is 0 Å². The Balaban J connectivity index is 2.20. The van der Waals surface area contributed by atoms with Gasteiger partial charge in [0, 0.05) is 13.2 Å². The minimum Gasteiger partial charge on any atom is -0.448 e. The molecular formula is C6H11NO3. The fourth-order valence-corrected chi connectivity index (χ4v) is 0.890. The van der Waals surface area contributed by atoms with Crippen LogP contribution in [0.3, 0.4) is 0 Å². The molecule has 10 heavy (non-hydrogen) atoms. The summed E-state index contributed by atoms with van der Waals surface area (Å²) in [7, 11) is 0. The number of nitrogens with zero attached hydrogens (tertiary/aromatic N) is 1. The van der Waals surface area contributed by atoms with Crippen LogP contribution in [-0.2, 0) is 4.74 Å². The number of aliphatic hydroxyl groups is 1. The second-order valence-corrected chi connectivity index (χ2v) is 2.18. The van der Waals surface area contributed by atoms with Gasteiger partial charge in [-0.15, -0.1) is 0 Å². The van der Waals surface area contributed by atoms with Crippen molar-refractivity contribution in [3.8, 4) is 0 Å². The summed E-state index contributed by atoms with van der Waals surface area (Å²) in [4.78, 5) is 12.3. The molecule has 0 radical (unpaired) electrons. The Morgan fingerprint density at radius 3 is 3.00 bits per heavy atom. The lowest BCUT2D eigenvalue weighted by Gasteiger charge is -2.09. The molecule has 0 aromatic rings. The van der Waals surface area contributed by atoms with Crippen LogP contribution in [0.15, 0.2) is 0 Å². The zero-order valence-corrected chi connectivity index (χ0v) is 5.75. The Kier molecular flexibility index (Phi) is 2.50. The summed E-state index contributed by atoms with van der Waals surface area (Å²) in [6.07, 6.45) is 0.378. The van der Waals surface area contributed by atoms with Crippen molar-refractivity contribution in [3.63, 3.8) is 0 Å². The molecule has 0 atom stereocenters. The molecule has 0 unspecified atom stereocenters. The predicted octanol–water partition coefficient (Wildman–Crippen LogP) is -0.179. The fraction of sp³-hybridized carbons (Fsp3) is 0.833. The maximum Gasteiger partial charge on any atom is 0.409 e. The Bertz CT molecular complexity index is 126. The van der Waals surface area contributed by atoms with Gasteiger partial charge in [0.2, 0.25) is 0 Å². The van der Waals surface area contributed by atoms with Crippen molar-refractivity contribution >= 4 is 6.09 Å². The second kappa shape index (κ2) is 3.41. The Labute approximate surface area is 59.4 Å². The SMILES string of the molecule is O=C1OCCN1CCCO.